The van der Waals surface area contributed by atoms with E-state index in [2.05, 4.69) is 187 Å². The van der Waals surface area contributed by atoms with Crippen molar-refractivity contribution in [3.63, 3.8) is 0 Å². The number of hydrogen-bond donors (Lipinski definition) is 2. The third-order valence-corrected chi connectivity index (χ3v) is 256. The van der Waals surface area contributed by atoms with E-state index in [1.54, 1.807) is 79.8 Å². The molecule has 57 heavy (non-hydrogen) atoms. The number of aromatic carboxylic acids is 2. The molecule has 0 unspecified atom stereocenters. The molecule has 1 aliphatic rings. The van der Waals surface area contributed by atoms with E-state index < -0.39 is 30.3 Å². The first kappa shape index (κ1) is 58.8. The Morgan fingerprint density at radius 2 is 1.21 bits per heavy atom. The van der Waals surface area contributed by atoms with Gasteiger partial charge in [-0.2, -0.15) is 20.4 Å². The molecule has 4 heterocycles. The van der Waals surface area contributed by atoms with Gasteiger partial charge in [-0.3, -0.25) is 0 Å². The topological polar surface area (TPSA) is 158 Å². The summed E-state index contributed by atoms with van der Waals surface area (Å²) in [4.78, 5) is 21.7. The fourth-order valence-electron chi connectivity index (χ4n) is 3.61. The van der Waals surface area contributed by atoms with Crippen molar-refractivity contribution in [2.24, 2.45) is 0 Å². The van der Waals surface area contributed by atoms with Crippen molar-refractivity contribution in [3.8, 4) is 11.1 Å². The molecule has 0 bridgehead atoms. The van der Waals surface area contributed by atoms with Crippen molar-refractivity contribution < 1.29 is 46.8 Å². The van der Waals surface area contributed by atoms with Gasteiger partial charge in [0.1, 0.15) is 6.26 Å². The number of halogens is 13. The monoisotopic (exact) mass is 2150 g/mol. The summed E-state index contributed by atoms with van der Waals surface area (Å²) in [5.74, 6) is -1.88. The molecule has 25 heteroatoms. The summed E-state index contributed by atoms with van der Waals surface area (Å²) in [6.07, 6.45) is 9.68. The Hall–Kier alpha value is 3.79. The van der Waals surface area contributed by atoms with E-state index in [1.807, 2.05) is 52.0 Å². The molecule has 1 aliphatic heterocycles. The fraction of sp³-hybridized carbons (Fsp3) is 0.188. The summed E-state index contributed by atoms with van der Waals surface area (Å²) in [6, 6.07) is 18.8. The standard InChI is InChI=1S/C13H17BO4.C11H8N2O2.C4H3BrN2.C4H3BrO.I6.I5/c1-12(2)13(3,4)18-14(17-12)10-7-5-6-9(8-10)11(15)16;14-11(15)9-3-1-2-8(6-9)10-4-5-12-13-7-10;5-4-1-2-6-7-3-4;5-4-1-2-6-3-4;1-5(2)6(3)4;1-4-5(2)3/h5-8H,1-4H3,(H,15,16);1-7H,(H,14,15);1-3H;1-3H;;/q;;;;;-1. The minimum atomic E-state index is -0.951. The molecular formula is C32H31BBr2I11N4O7-. The van der Waals surface area contributed by atoms with E-state index in [9.17, 15) is 9.59 Å². The number of carbonyl (C=O) groups is 2. The van der Waals surface area contributed by atoms with Gasteiger partial charge in [0, 0.05) is 10.0 Å². The van der Waals surface area contributed by atoms with Crippen LogP contribution in [-0.4, -0.2) is 60.9 Å². The van der Waals surface area contributed by atoms with Crippen LogP contribution in [0.15, 0.2) is 117 Å². The van der Waals surface area contributed by atoms with Gasteiger partial charge in [-0.25, -0.2) is 9.59 Å². The van der Waals surface area contributed by atoms with Gasteiger partial charge in [0.15, 0.2) is 0 Å². The van der Waals surface area contributed by atoms with Crippen molar-refractivity contribution in [1.82, 2.24) is 20.4 Å². The molecule has 1 fully saturated rings. The van der Waals surface area contributed by atoms with E-state index in [1.165, 1.54) is 0 Å². The molecule has 0 amide bonds. The Morgan fingerprint density at radius 3 is 1.56 bits per heavy atom. The van der Waals surface area contributed by atoms with Gasteiger partial charge in [-0.15, -0.1) is 0 Å². The van der Waals surface area contributed by atoms with E-state index in [-0.39, 0.29) is 34.8 Å². The smallest absolute Gasteiger partial charge is 0.335 e. The molecule has 0 spiro atoms. The van der Waals surface area contributed by atoms with Gasteiger partial charge in [-0.05, 0) is 113 Å². The van der Waals surface area contributed by atoms with Crippen LogP contribution in [0.5, 0.6) is 0 Å². The Balaban J connectivity index is 0.000000371. The molecular weight excluding hydrogens is 2120 g/mol. The molecule has 11 nitrogen and oxygen atoms in total. The first-order valence-corrected chi connectivity index (χ1v) is 73.1. The maximum atomic E-state index is 10.9. The molecule has 316 valence electrons. The number of carboxylic acid groups (broad SMARTS) is 2. The molecule has 1 saturated heterocycles. The SMILES string of the molecule is Brc1ccnnc1.Brc1ccoc1.CC1(C)OB(c2cccc(C(=O)O)c2)OC1(C)C.II(I)I(I)I.I[I-]I(I)I.O=C(O)c1cccc(-c2ccnnc2)c1. The third kappa shape index (κ3) is 25.9. The van der Waals surface area contributed by atoms with Gasteiger partial charge < -0.3 is 23.9 Å². The van der Waals surface area contributed by atoms with Crippen LogP contribution in [0.2, 0.25) is 0 Å². The maximum Gasteiger partial charge on any atom is 0.335 e. The summed E-state index contributed by atoms with van der Waals surface area (Å²) >= 11 is 25.3. The minimum Gasteiger partial charge on any atom is -0.478 e. The first-order chi connectivity index (χ1) is 26.7. The number of nitrogens with zero attached hydrogens (tertiary/aromatic N) is 4. The molecule has 3 aromatic heterocycles. The minimum absolute atomic E-state index is 0.238. The zero-order chi connectivity index (χ0) is 43.2. The number of hydrogen-bond acceptors (Lipinski definition) is 9. The Kier molecular flexibility index (Phi) is 33.5. The predicted molar refractivity (Wildman–Crippen MR) is 320 cm³/mol. The van der Waals surface area contributed by atoms with Crippen LogP contribution in [0, 0.1) is 0 Å². The van der Waals surface area contributed by atoms with E-state index in [0.29, 0.717) is 13.3 Å². The number of carboxylic acids is 2. The zero-order valence-corrected chi connectivity index (χ0v) is 56.4. The van der Waals surface area contributed by atoms with E-state index >= 15 is 0 Å². The van der Waals surface area contributed by atoms with Crippen LogP contribution in [0.3, 0.4) is 0 Å². The third-order valence-electron chi connectivity index (χ3n) is 6.84. The van der Waals surface area contributed by atoms with Crippen LogP contribution in [0.1, 0.15) is 48.4 Å². The van der Waals surface area contributed by atoms with Crippen LogP contribution in [0.4, 0.5) is 0 Å². The van der Waals surface area contributed by atoms with Crippen molar-refractivity contribution >= 4 is 210 Å². The molecule has 2 aromatic carbocycles. The number of benzene rings is 2. The van der Waals surface area contributed by atoms with Crippen LogP contribution in [-0.2, 0) is 9.31 Å². The number of furan rings is 1. The van der Waals surface area contributed by atoms with Crippen molar-refractivity contribution in [2.75, 3.05) is 0 Å². The quantitative estimate of drug-likeness (QED) is 0.123. The molecule has 0 saturated carbocycles. The average Bonchev–Trinajstić information content (AvgIpc) is 3.75. The van der Waals surface area contributed by atoms with Crippen molar-refractivity contribution in [2.45, 2.75) is 38.9 Å². The summed E-state index contributed by atoms with van der Waals surface area (Å²) in [7, 11) is -1.39. The zero-order valence-electron chi connectivity index (χ0n) is 29.5. The number of aromatic nitrogens is 4. The van der Waals surface area contributed by atoms with Crippen LogP contribution < -0.4 is 18.7 Å². The maximum absolute atomic E-state index is 10.9. The summed E-state index contributed by atoms with van der Waals surface area (Å²) in [5.41, 5.74) is 2.08. The molecule has 0 radical (unpaired) electrons. The Morgan fingerprint density at radius 1 is 0.702 bits per heavy atom. The van der Waals surface area contributed by atoms with Crippen molar-refractivity contribution in [3.05, 3.63) is 124 Å². The van der Waals surface area contributed by atoms with Gasteiger partial charge in [0.25, 0.3) is 0 Å². The summed E-state index contributed by atoms with van der Waals surface area (Å²) < 4.78 is 18.4. The summed E-state index contributed by atoms with van der Waals surface area (Å²) in [5, 5.41) is 32.4. The van der Waals surface area contributed by atoms with Crippen molar-refractivity contribution in [1.29, 1.82) is 0 Å². The Bertz CT molecular complexity index is 1880. The second-order valence-electron chi connectivity index (χ2n) is 11.1. The second kappa shape index (κ2) is 32.5. The van der Waals surface area contributed by atoms with Gasteiger partial charge >= 0.3 is 186 Å². The molecule has 0 aliphatic carbocycles. The second-order valence-corrected chi connectivity index (χ2v) is 175. The largest absolute Gasteiger partial charge is 0.478 e. The molecule has 2 N–H and O–H groups in total. The first-order valence-electron chi connectivity index (χ1n) is 15.0. The molecule has 6 rings (SSSR count). The van der Waals surface area contributed by atoms with Gasteiger partial charge in [0.05, 0.1) is 57.9 Å². The number of rotatable bonds is 6. The summed E-state index contributed by atoms with van der Waals surface area (Å²) in [6.45, 7) is 7.87. The van der Waals surface area contributed by atoms with Gasteiger partial charge in [0.2, 0.25) is 0 Å². The van der Waals surface area contributed by atoms with E-state index in [4.69, 9.17) is 19.5 Å². The Labute approximate surface area is 441 Å². The van der Waals surface area contributed by atoms with Crippen LogP contribution in [0.25, 0.3) is 11.1 Å². The average molecular weight is 2150 g/mol. The molecule has 0 atom stereocenters. The predicted octanol–water partition coefficient (Wildman–Crippen LogP) is 12.7. The fourth-order valence-corrected chi connectivity index (χ4v) is 4.04. The normalized spacial score (nSPS) is 13.8. The molecule has 5 aromatic rings. The van der Waals surface area contributed by atoms with Crippen LogP contribution >= 0.6 is 186 Å². The van der Waals surface area contributed by atoms with Gasteiger partial charge in [-0.1, -0.05) is 24.3 Å². The van der Waals surface area contributed by atoms with E-state index in [0.717, 1.165) is 25.5 Å².